The molecular formula is C44H40Cl2N2O6. The molecule has 4 aromatic rings. The fourth-order valence-electron chi connectivity index (χ4n) is 10.2. The number of carboxylic acids is 1. The van der Waals surface area contributed by atoms with Gasteiger partial charge in [0.05, 0.1) is 21.2 Å². The second kappa shape index (κ2) is 12.8. The highest BCUT2D eigenvalue weighted by atomic mass is 35.5. The van der Waals surface area contributed by atoms with Crippen LogP contribution in [-0.2, 0) is 42.4 Å². The first-order valence-corrected chi connectivity index (χ1v) is 20.2. The number of unbranched alkanes of at least 4 members (excludes halogenated alkanes) is 1. The quantitative estimate of drug-likeness (QED) is 0.113. The van der Waals surface area contributed by atoms with Gasteiger partial charge in [0.15, 0.2) is 11.4 Å². The zero-order valence-electron chi connectivity index (χ0n) is 30.0. The fourth-order valence-corrected chi connectivity index (χ4v) is 10.9. The molecule has 6 aliphatic heterocycles. The van der Waals surface area contributed by atoms with Crippen molar-refractivity contribution in [3.8, 4) is 11.5 Å². The number of aryl methyl sites for hydroxylation is 3. The van der Waals surface area contributed by atoms with Crippen molar-refractivity contribution < 1.29 is 29.0 Å². The number of carbonyl (C=O) groups excluding carboxylic acids is 2. The van der Waals surface area contributed by atoms with Crippen LogP contribution in [-0.4, -0.2) is 49.0 Å². The van der Waals surface area contributed by atoms with E-state index in [1.54, 1.807) is 30.3 Å². The molecular weight excluding hydrogens is 723 g/mol. The van der Waals surface area contributed by atoms with Gasteiger partial charge < -0.3 is 24.4 Å². The summed E-state index contributed by atoms with van der Waals surface area (Å²) in [6.45, 7) is 4.07. The summed E-state index contributed by atoms with van der Waals surface area (Å²) in [7, 11) is 0. The van der Waals surface area contributed by atoms with Crippen LogP contribution in [0.2, 0.25) is 10.0 Å². The monoisotopic (exact) mass is 762 g/mol. The molecule has 6 aliphatic rings. The van der Waals surface area contributed by atoms with Crippen molar-refractivity contribution in [2.45, 2.75) is 82.7 Å². The predicted molar refractivity (Wildman–Crippen MR) is 208 cm³/mol. The van der Waals surface area contributed by atoms with Gasteiger partial charge in [-0.15, -0.1) is 0 Å². The molecule has 0 amide bonds. The van der Waals surface area contributed by atoms with Crippen molar-refractivity contribution >= 4 is 52.3 Å². The highest BCUT2D eigenvalue weighted by molar-refractivity contribution is 6.40. The van der Waals surface area contributed by atoms with Crippen molar-refractivity contribution in [2.75, 3.05) is 36.0 Å². The van der Waals surface area contributed by atoms with Gasteiger partial charge in [-0.2, -0.15) is 0 Å². The Hall–Kier alpha value is -4.53. The van der Waals surface area contributed by atoms with E-state index in [1.807, 2.05) is 0 Å². The molecule has 4 aromatic carbocycles. The van der Waals surface area contributed by atoms with E-state index in [1.165, 1.54) is 33.6 Å². The van der Waals surface area contributed by atoms with E-state index in [0.717, 1.165) is 112 Å². The van der Waals surface area contributed by atoms with Crippen LogP contribution < -0.4 is 14.5 Å². The molecule has 0 radical (unpaired) electrons. The summed E-state index contributed by atoms with van der Waals surface area (Å²) in [5.41, 5.74) is 9.69. The van der Waals surface area contributed by atoms with Gasteiger partial charge >= 0.3 is 11.9 Å². The lowest BCUT2D eigenvalue weighted by Gasteiger charge is -2.45. The topological polar surface area (TPSA) is 96.4 Å². The fraction of sp³-hybridized carbons (Fsp3) is 0.386. The average molecular weight is 764 g/mol. The van der Waals surface area contributed by atoms with Crippen LogP contribution in [0.4, 0.5) is 11.4 Å². The van der Waals surface area contributed by atoms with E-state index in [-0.39, 0.29) is 38.9 Å². The molecule has 1 spiro atoms. The van der Waals surface area contributed by atoms with Gasteiger partial charge in [0.1, 0.15) is 11.5 Å². The van der Waals surface area contributed by atoms with Crippen LogP contribution in [0.5, 0.6) is 11.5 Å². The molecule has 10 heteroatoms. The second-order valence-electron chi connectivity index (χ2n) is 15.6. The zero-order valence-corrected chi connectivity index (χ0v) is 31.5. The Bertz CT molecular complexity index is 2230. The van der Waals surface area contributed by atoms with E-state index in [2.05, 4.69) is 21.9 Å². The summed E-state index contributed by atoms with van der Waals surface area (Å²) >= 11 is 14.5. The molecule has 10 rings (SSSR count). The van der Waals surface area contributed by atoms with Crippen molar-refractivity contribution in [1.29, 1.82) is 0 Å². The van der Waals surface area contributed by atoms with E-state index < -0.39 is 17.5 Å². The third-order valence-corrected chi connectivity index (χ3v) is 13.2. The number of carbonyl (C=O) groups is 3. The lowest BCUT2D eigenvalue weighted by molar-refractivity contribution is 0.0222. The van der Waals surface area contributed by atoms with Crippen molar-refractivity contribution in [1.82, 2.24) is 0 Å². The van der Waals surface area contributed by atoms with E-state index in [4.69, 9.17) is 32.7 Å². The molecule has 0 aliphatic carbocycles. The molecule has 0 fully saturated rings. The lowest BCUT2D eigenvalue weighted by Crippen LogP contribution is -2.40. The Balaban J connectivity index is 1.08. The number of ether oxygens (including phenoxy) is 2. The Labute approximate surface area is 323 Å². The molecule has 0 saturated heterocycles. The van der Waals surface area contributed by atoms with Gasteiger partial charge in [-0.25, -0.2) is 9.59 Å². The zero-order chi connectivity index (χ0) is 36.9. The Kier molecular flexibility index (Phi) is 8.04. The molecule has 0 bridgehead atoms. The molecule has 6 heterocycles. The minimum atomic E-state index is -1.38. The molecule has 276 valence electrons. The number of hydrogen-bond acceptors (Lipinski definition) is 7. The number of benzene rings is 4. The number of fused-ring (bicyclic) bond motifs is 8. The number of halogens is 2. The number of nitrogens with zero attached hydrogens (tertiary/aromatic N) is 2. The summed E-state index contributed by atoms with van der Waals surface area (Å²) in [4.78, 5) is 44.4. The number of hydrogen-bond donors (Lipinski definition) is 1. The normalized spacial score (nSPS) is 18.2. The summed E-state index contributed by atoms with van der Waals surface area (Å²) in [5, 5.41) is 9.55. The number of Topliss-reactive ketones (excluding diaryl/α,β-unsaturated/α-hetero) is 1. The van der Waals surface area contributed by atoms with E-state index in [9.17, 15) is 19.5 Å². The molecule has 0 saturated carbocycles. The summed E-state index contributed by atoms with van der Waals surface area (Å²) in [6.07, 6.45) is 9.97. The number of carboxylic acid groups (broad SMARTS) is 1. The van der Waals surface area contributed by atoms with Crippen LogP contribution >= 0.6 is 23.2 Å². The molecule has 54 heavy (non-hydrogen) atoms. The molecule has 0 atom stereocenters. The van der Waals surface area contributed by atoms with Crippen LogP contribution in [0.15, 0.2) is 42.5 Å². The van der Waals surface area contributed by atoms with Crippen molar-refractivity contribution in [3.05, 3.63) is 114 Å². The van der Waals surface area contributed by atoms with Gasteiger partial charge in [-0.05, 0) is 118 Å². The molecule has 0 aromatic heterocycles. The van der Waals surface area contributed by atoms with Crippen LogP contribution in [0.25, 0.3) is 0 Å². The van der Waals surface area contributed by atoms with Crippen LogP contribution in [0.1, 0.15) is 121 Å². The smallest absolute Gasteiger partial charge is 0.341 e. The second-order valence-corrected chi connectivity index (χ2v) is 16.4. The van der Waals surface area contributed by atoms with Gasteiger partial charge in [-0.1, -0.05) is 35.3 Å². The number of esters is 1. The summed E-state index contributed by atoms with van der Waals surface area (Å²) < 4.78 is 14.0. The third kappa shape index (κ3) is 4.98. The largest absolute Gasteiger partial charge is 0.478 e. The maximum absolute atomic E-state index is 14.4. The summed E-state index contributed by atoms with van der Waals surface area (Å²) in [6, 6.07) is 12.8. The van der Waals surface area contributed by atoms with E-state index in [0.29, 0.717) is 18.4 Å². The number of rotatable bonds is 7. The van der Waals surface area contributed by atoms with Gasteiger partial charge in [0.25, 0.3) is 0 Å². The van der Waals surface area contributed by atoms with Crippen molar-refractivity contribution in [3.63, 3.8) is 0 Å². The molecule has 8 nitrogen and oxygen atoms in total. The van der Waals surface area contributed by atoms with Crippen LogP contribution in [0, 0.1) is 0 Å². The van der Waals surface area contributed by atoms with Gasteiger partial charge in [0, 0.05) is 77.4 Å². The third-order valence-electron chi connectivity index (χ3n) is 12.5. The minimum absolute atomic E-state index is 0.0797. The first kappa shape index (κ1) is 34.0. The Morgan fingerprint density at radius 1 is 0.778 bits per heavy atom. The Morgan fingerprint density at radius 2 is 1.35 bits per heavy atom. The molecule has 0 unspecified atom stereocenters. The maximum Gasteiger partial charge on any atom is 0.341 e. The standard InChI is InChI=1S/C44H40Cl2N2O6/c45-33-23-30(34(49)12-2-1-7-24-13-15-25(16-14-24)42(50)51)37(46)35-36(33)44(54-43(35)52)31-21-26-8-3-17-47-19-5-10-28(38(26)47)40(31)53-41-29-11-6-20-48-18-4-9-27(39(29)48)22-32(41)44/h13-16,21-23H,1-12,17-20H2,(H,50,51). The first-order chi connectivity index (χ1) is 26.2. The van der Waals surface area contributed by atoms with E-state index >= 15 is 0 Å². The number of ketones is 1. The minimum Gasteiger partial charge on any atom is -0.478 e. The number of aromatic carboxylic acids is 1. The lowest BCUT2D eigenvalue weighted by atomic mass is 9.72. The summed E-state index contributed by atoms with van der Waals surface area (Å²) in [5.74, 6) is -0.205. The Morgan fingerprint density at radius 3 is 1.93 bits per heavy atom. The average Bonchev–Trinajstić information content (AvgIpc) is 3.50. The van der Waals surface area contributed by atoms with Gasteiger partial charge in [-0.3, -0.25) is 4.79 Å². The first-order valence-electron chi connectivity index (χ1n) is 19.4. The highest BCUT2D eigenvalue weighted by Crippen LogP contribution is 2.63. The van der Waals surface area contributed by atoms with Gasteiger partial charge in [0.2, 0.25) is 0 Å². The SMILES string of the molecule is O=C(O)c1ccc(CCCCC(=O)c2cc(Cl)c3c(c2Cl)C(=O)OC32c3cc4c5c(c3Oc3c2cc2c6c3CCCN6CCC2)CCCN5CCC4)cc1. The maximum atomic E-state index is 14.4. The predicted octanol–water partition coefficient (Wildman–Crippen LogP) is 9.25. The van der Waals surface area contributed by atoms with Crippen molar-refractivity contribution in [2.24, 2.45) is 0 Å². The highest BCUT2D eigenvalue weighted by Gasteiger charge is 2.58. The molecule has 1 N–H and O–H groups in total. The van der Waals surface area contributed by atoms with Crippen LogP contribution in [0.3, 0.4) is 0 Å². The number of anilines is 2.